The molecule has 1 nitrogen and oxygen atoms in total. The highest BCUT2D eigenvalue weighted by Crippen LogP contribution is 2.23. The first kappa shape index (κ1) is 15.7. The summed E-state index contributed by atoms with van der Waals surface area (Å²) >= 11 is 0. The minimum atomic E-state index is -0.596. The topological polar surface area (TPSA) is 20.2 Å². The number of hydrogen-bond acceptors (Lipinski definition) is 1. The second-order valence-corrected chi connectivity index (χ2v) is 4.93. The summed E-state index contributed by atoms with van der Waals surface area (Å²) in [5, 5.41) is 10.3. The third kappa shape index (κ3) is 7.92. The average molecular weight is 226 g/mol. The van der Waals surface area contributed by atoms with Gasteiger partial charge in [0.1, 0.15) is 0 Å². The standard InChI is InChI=1S/C15H30O/c1-4-7-9-11-13-15(16,6-3)14-12-10-8-5-2/h6,16H,3-5,7-14H2,1-2H3. The van der Waals surface area contributed by atoms with E-state index in [4.69, 9.17) is 0 Å². The normalized spacial score (nSPS) is 11.7. The van der Waals surface area contributed by atoms with Crippen molar-refractivity contribution in [2.75, 3.05) is 0 Å². The van der Waals surface area contributed by atoms with Gasteiger partial charge in [-0.1, -0.05) is 71.3 Å². The quantitative estimate of drug-likeness (QED) is 0.394. The lowest BCUT2D eigenvalue weighted by Gasteiger charge is -2.24. The molecule has 0 spiro atoms. The van der Waals surface area contributed by atoms with Crippen molar-refractivity contribution in [3.63, 3.8) is 0 Å². The van der Waals surface area contributed by atoms with Crippen LogP contribution in [-0.4, -0.2) is 10.7 Å². The van der Waals surface area contributed by atoms with Crippen molar-refractivity contribution in [1.82, 2.24) is 0 Å². The van der Waals surface area contributed by atoms with Crippen molar-refractivity contribution in [3.05, 3.63) is 12.7 Å². The first-order valence-electron chi connectivity index (χ1n) is 7.04. The maximum atomic E-state index is 10.3. The van der Waals surface area contributed by atoms with Crippen molar-refractivity contribution in [1.29, 1.82) is 0 Å². The molecule has 1 heteroatoms. The zero-order valence-electron chi connectivity index (χ0n) is 11.3. The van der Waals surface area contributed by atoms with Gasteiger partial charge in [0, 0.05) is 0 Å². The minimum absolute atomic E-state index is 0.596. The van der Waals surface area contributed by atoms with E-state index in [1.54, 1.807) is 6.08 Å². The number of aliphatic hydroxyl groups is 1. The Morgan fingerprint density at radius 3 is 1.62 bits per heavy atom. The zero-order valence-corrected chi connectivity index (χ0v) is 11.3. The Morgan fingerprint density at radius 1 is 0.875 bits per heavy atom. The molecule has 0 unspecified atom stereocenters. The van der Waals surface area contributed by atoms with Crippen LogP contribution in [0.5, 0.6) is 0 Å². The van der Waals surface area contributed by atoms with Crippen LogP contribution in [-0.2, 0) is 0 Å². The second kappa shape index (κ2) is 9.89. The summed E-state index contributed by atoms with van der Waals surface area (Å²) in [7, 11) is 0. The molecule has 0 bridgehead atoms. The van der Waals surface area contributed by atoms with Crippen LogP contribution in [0.15, 0.2) is 12.7 Å². The highest BCUT2D eigenvalue weighted by atomic mass is 16.3. The highest BCUT2D eigenvalue weighted by molar-refractivity contribution is 4.95. The first-order valence-corrected chi connectivity index (χ1v) is 7.04. The molecule has 0 aliphatic carbocycles. The molecule has 0 aromatic rings. The van der Waals surface area contributed by atoms with Crippen molar-refractivity contribution in [2.24, 2.45) is 0 Å². The minimum Gasteiger partial charge on any atom is -0.386 e. The summed E-state index contributed by atoms with van der Waals surface area (Å²) in [5.41, 5.74) is -0.596. The monoisotopic (exact) mass is 226 g/mol. The fraction of sp³-hybridized carbons (Fsp3) is 0.867. The van der Waals surface area contributed by atoms with Gasteiger partial charge in [-0.2, -0.15) is 0 Å². The first-order chi connectivity index (χ1) is 7.68. The summed E-state index contributed by atoms with van der Waals surface area (Å²) in [6, 6.07) is 0. The van der Waals surface area contributed by atoms with Gasteiger partial charge in [0.05, 0.1) is 5.60 Å². The van der Waals surface area contributed by atoms with Crippen molar-refractivity contribution in [2.45, 2.75) is 83.7 Å². The molecule has 0 fully saturated rings. The van der Waals surface area contributed by atoms with E-state index < -0.39 is 5.60 Å². The maximum absolute atomic E-state index is 10.3. The zero-order chi connectivity index (χ0) is 12.3. The summed E-state index contributed by atoms with van der Waals surface area (Å²) in [4.78, 5) is 0. The van der Waals surface area contributed by atoms with Crippen LogP contribution in [0.1, 0.15) is 78.1 Å². The fourth-order valence-corrected chi connectivity index (χ4v) is 2.04. The third-order valence-electron chi connectivity index (χ3n) is 3.31. The molecule has 0 aromatic heterocycles. The lowest BCUT2D eigenvalue weighted by Crippen LogP contribution is -2.25. The van der Waals surface area contributed by atoms with Crippen molar-refractivity contribution in [3.8, 4) is 0 Å². The molecule has 0 aliphatic rings. The van der Waals surface area contributed by atoms with Crippen LogP contribution in [0.4, 0.5) is 0 Å². The summed E-state index contributed by atoms with van der Waals surface area (Å²) in [5.74, 6) is 0. The Hall–Kier alpha value is -0.300. The smallest absolute Gasteiger partial charge is 0.0825 e. The molecule has 0 atom stereocenters. The van der Waals surface area contributed by atoms with Crippen LogP contribution >= 0.6 is 0 Å². The molecule has 0 aromatic carbocycles. The molecule has 0 saturated heterocycles. The Balaban J connectivity index is 3.68. The van der Waals surface area contributed by atoms with Crippen LogP contribution in [0.2, 0.25) is 0 Å². The van der Waals surface area contributed by atoms with Crippen LogP contribution < -0.4 is 0 Å². The SMILES string of the molecule is C=CC(O)(CCCCCC)CCCCCC. The molecule has 1 N–H and O–H groups in total. The van der Waals surface area contributed by atoms with Crippen LogP contribution in [0.25, 0.3) is 0 Å². The molecule has 0 amide bonds. The van der Waals surface area contributed by atoms with Gasteiger partial charge >= 0.3 is 0 Å². The maximum Gasteiger partial charge on any atom is 0.0825 e. The van der Waals surface area contributed by atoms with Crippen LogP contribution in [0, 0.1) is 0 Å². The van der Waals surface area contributed by atoms with E-state index in [1.165, 1.54) is 38.5 Å². The number of unbranched alkanes of at least 4 members (excludes halogenated alkanes) is 6. The van der Waals surface area contributed by atoms with E-state index in [2.05, 4.69) is 20.4 Å². The van der Waals surface area contributed by atoms with E-state index >= 15 is 0 Å². The molecule has 16 heavy (non-hydrogen) atoms. The third-order valence-corrected chi connectivity index (χ3v) is 3.31. The van der Waals surface area contributed by atoms with Gasteiger partial charge in [-0.3, -0.25) is 0 Å². The van der Waals surface area contributed by atoms with E-state index in [-0.39, 0.29) is 0 Å². The molecule has 96 valence electrons. The second-order valence-electron chi connectivity index (χ2n) is 4.93. The predicted octanol–water partition coefficient (Wildman–Crippen LogP) is 4.84. The van der Waals surface area contributed by atoms with E-state index in [0.717, 1.165) is 25.7 Å². The van der Waals surface area contributed by atoms with Crippen LogP contribution in [0.3, 0.4) is 0 Å². The Kier molecular flexibility index (Phi) is 9.71. The van der Waals surface area contributed by atoms with Gasteiger partial charge in [-0.15, -0.1) is 6.58 Å². The van der Waals surface area contributed by atoms with E-state index in [0.29, 0.717) is 0 Å². The number of rotatable bonds is 11. The lowest BCUT2D eigenvalue weighted by molar-refractivity contribution is 0.0667. The Bertz CT molecular complexity index is 151. The van der Waals surface area contributed by atoms with Gasteiger partial charge in [0.25, 0.3) is 0 Å². The van der Waals surface area contributed by atoms with Gasteiger partial charge in [-0.05, 0) is 12.8 Å². The average Bonchev–Trinajstić information content (AvgIpc) is 2.31. The predicted molar refractivity (Wildman–Crippen MR) is 72.7 cm³/mol. The Labute approximate surface area is 102 Å². The summed E-state index contributed by atoms with van der Waals surface area (Å²) in [6.07, 6.45) is 13.3. The molecular weight excluding hydrogens is 196 g/mol. The van der Waals surface area contributed by atoms with Gasteiger partial charge < -0.3 is 5.11 Å². The molecule has 0 radical (unpaired) electrons. The van der Waals surface area contributed by atoms with Gasteiger partial charge in [-0.25, -0.2) is 0 Å². The molecule has 0 heterocycles. The molecule has 0 saturated carbocycles. The van der Waals surface area contributed by atoms with Crippen molar-refractivity contribution < 1.29 is 5.11 Å². The molecule has 0 rings (SSSR count). The Morgan fingerprint density at radius 2 is 1.31 bits per heavy atom. The van der Waals surface area contributed by atoms with E-state index in [1.807, 2.05) is 0 Å². The van der Waals surface area contributed by atoms with Gasteiger partial charge in [0.15, 0.2) is 0 Å². The molecule has 0 aliphatic heterocycles. The fourth-order valence-electron chi connectivity index (χ4n) is 2.04. The van der Waals surface area contributed by atoms with E-state index in [9.17, 15) is 5.11 Å². The highest BCUT2D eigenvalue weighted by Gasteiger charge is 2.21. The lowest BCUT2D eigenvalue weighted by atomic mass is 9.90. The van der Waals surface area contributed by atoms with Gasteiger partial charge in [0.2, 0.25) is 0 Å². The number of hydrogen-bond donors (Lipinski definition) is 1. The molecular formula is C15H30O. The van der Waals surface area contributed by atoms with Crippen molar-refractivity contribution >= 4 is 0 Å². The summed E-state index contributed by atoms with van der Waals surface area (Å²) < 4.78 is 0. The largest absolute Gasteiger partial charge is 0.386 e. The summed E-state index contributed by atoms with van der Waals surface area (Å²) in [6.45, 7) is 8.21.